The van der Waals surface area contributed by atoms with Crippen molar-refractivity contribution in [2.75, 3.05) is 11.1 Å². The molecule has 4 aromatic rings. The van der Waals surface area contributed by atoms with Gasteiger partial charge in [0.2, 0.25) is 0 Å². The van der Waals surface area contributed by atoms with E-state index >= 15 is 0 Å². The van der Waals surface area contributed by atoms with Gasteiger partial charge < -0.3 is 15.5 Å². The first kappa shape index (κ1) is 19.9. The van der Waals surface area contributed by atoms with Crippen LogP contribution in [0.1, 0.15) is 21.6 Å². The van der Waals surface area contributed by atoms with E-state index in [4.69, 9.17) is 5.73 Å². The number of rotatable bonds is 5. The van der Waals surface area contributed by atoms with E-state index in [1.807, 2.05) is 47.1 Å². The highest BCUT2D eigenvalue weighted by Gasteiger charge is 2.17. The molecule has 0 spiro atoms. The van der Waals surface area contributed by atoms with E-state index in [9.17, 15) is 10.1 Å². The normalized spacial score (nSPS) is 10.7. The molecule has 4 rings (SSSR count). The number of nitrogens with one attached hydrogen (secondary N) is 1. The summed E-state index contributed by atoms with van der Waals surface area (Å²) in [5.41, 5.74) is 8.79. The van der Waals surface area contributed by atoms with Gasteiger partial charge in [-0.1, -0.05) is 30.0 Å². The maximum atomic E-state index is 12.6. The molecule has 1 aromatic carbocycles. The predicted molar refractivity (Wildman–Crippen MR) is 120 cm³/mol. The van der Waals surface area contributed by atoms with Crippen molar-refractivity contribution in [3.05, 3.63) is 82.2 Å². The summed E-state index contributed by atoms with van der Waals surface area (Å²) in [6.45, 7) is 0. The summed E-state index contributed by atoms with van der Waals surface area (Å²) < 4.78 is 2.88. The number of nitrogen functional groups attached to an aromatic ring is 1. The molecule has 148 valence electrons. The Bertz CT molecular complexity index is 1280. The van der Waals surface area contributed by atoms with Crippen LogP contribution in [0.15, 0.2) is 70.4 Å². The van der Waals surface area contributed by atoms with Crippen molar-refractivity contribution in [1.29, 1.82) is 5.26 Å². The first-order chi connectivity index (χ1) is 14.5. The number of thioether (sulfide) groups is 1. The third kappa shape index (κ3) is 4.30. The van der Waals surface area contributed by atoms with E-state index in [1.54, 1.807) is 12.1 Å². The minimum atomic E-state index is -0.412. The first-order valence-electron chi connectivity index (χ1n) is 8.86. The van der Waals surface area contributed by atoms with Crippen LogP contribution < -0.4 is 11.1 Å². The van der Waals surface area contributed by atoms with E-state index in [0.29, 0.717) is 22.0 Å². The molecule has 0 radical (unpaired) electrons. The Kier molecular flexibility index (Phi) is 5.70. The summed E-state index contributed by atoms with van der Waals surface area (Å²) in [6, 6.07) is 16.4. The van der Waals surface area contributed by atoms with E-state index in [0.717, 1.165) is 15.8 Å². The van der Waals surface area contributed by atoms with Crippen LogP contribution in [-0.2, 0) is 5.75 Å². The fourth-order valence-electron chi connectivity index (χ4n) is 2.83. The van der Waals surface area contributed by atoms with Crippen molar-refractivity contribution in [1.82, 2.24) is 14.4 Å². The molecule has 0 saturated carbocycles. The van der Waals surface area contributed by atoms with Gasteiger partial charge in [-0.15, -0.1) is 0 Å². The van der Waals surface area contributed by atoms with Crippen LogP contribution in [0.25, 0.3) is 5.65 Å². The van der Waals surface area contributed by atoms with Crippen LogP contribution in [0, 0.1) is 11.3 Å². The number of imidazole rings is 1. The number of nitrogens with two attached hydrogens (primary N) is 1. The molecule has 0 aliphatic carbocycles. The number of carbonyl (C=O) groups excluding carboxylic acids is 1. The highest BCUT2D eigenvalue weighted by molar-refractivity contribution is 9.10. The molecule has 0 aliphatic heterocycles. The molecule has 0 unspecified atom stereocenters. The average molecular weight is 479 g/mol. The quantitative estimate of drug-likeness (QED) is 0.409. The zero-order valence-corrected chi connectivity index (χ0v) is 17.9. The SMILES string of the molecule is N#Cc1cc(C(=O)Nc2ccccc2)c(N)nc1SCc1cn2cc(Br)ccc2n1. The Morgan fingerprint density at radius 3 is 2.77 bits per heavy atom. The fourth-order valence-corrected chi connectivity index (χ4v) is 4.03. The number of para-hydroxylation sites is 1. The number of hydrogen-bond donors (Lipinski definition) is 2. The minimum absolute atomic E-state index is 0.0730. The Hall–Kier alpha value is -3.35. The summed E-state index contributed by atoms with van der Waals surface area (Å²) in [4.78, 5) is 21.4. The zero-order valence-electron chi connectivity index (χ0n) is 15.5. The monoisotopic (exact) mass is 478 g/mol. The van der Waals surface area contributed by atoms with Crippen molar-refractivity contribution in [2.45, 2.75) is 10.8 Å². The van der Waals surface area contributed by atoms with Crippen LogP contribution in [0.3, 0.4) is 0 Å². The number of carbonyl (C=O) groups is 1. The van der Waals surface area contributed by atoms with Gasteiger partial charge in [-0.05, 0) is 46.3 Å². The standard InChI is InChI=1S/C21H15BrN6OS/c22-14-6-7-18-25-16(11-28(18)10-14)12-30-21-13(9-23)8-17(19(24)27-21)20(29)26-15-4-2-1-3-5-15/h1-8,10-11H,12H2,(H2,24,27)(H,26,29). The molecule has 7 nitrogen and oxygen atoms in total. The zero-order chi connectivity index (χ0) is 21.1. The number of fused-ring (bicyclic) bond motifs is 1. The van der Waals surface area contributed by atoms with Gasteiger partial charge in [-0.3, -0.25) is 4.79 Å². The van der Waals surface area contributed by atoms with E-state index in [2.05, 4.69) is 37.3 Å². The maximum absolute atomic E-state index is 12.6. The van der Waals surface area contributed by atoms with Gasteiger partial charge in [0.15, 0.2) is 0 Å². The molecule has 3 heterocycles. The Balaban J connectivity index is 1.54. The molecule has 0 fully saturated rings. The van der Waals surface area contributed by atoms with Crippen molar-refractivity contribution in [2.24, 2.45) is 0 Å². The van der Waals surface area contributed by atoms with Gasteiger partial charge in [-0.25, -0.2) is 9.97 Å². The molecule has 0 aliphatic rings. The van der Waals surface area contributed by atoms with Crippen molar-refractivity contribution < 1.29 is 4.79 Å². The number of pyridine rings is 2. The highest BCUT2D eigenvalue weighted by atomic mass is 79.9. The van der Waals surface area contributed by atoms with Crippen molar-refractivity contribution in [3.63, 3.8) is 0 Å². The van der Waals surface area contributed by atoms with Crippen LogP contribution in [0.5, 0.6) is 0 Å². The van der Waals surface area contributed by atoms with Crippen molar-refractivity contribution >= 4 is 50.8 Å². The third-order valence-corrected chi connectivity index (χ3v) is 5.73. The maximum Gasteiger partial charge on any atom is 0.259 e. The predicted octanol–water partition coefficient (Wildman–Crippen LogP) is 4.49. The van der Waals surface area contributed by atoms with Gasteiger partial charge in [-0.2, -0.15) is 5.26 Å². The average Bonchev–Trinajstić information content (AvgIpc) is 3.15. The molecular weight excluding hydrogens is 464 g/mol. The van der Waals surface area contributed by atoms with Crippen LogP contribution >= 0.6 is 27.7 Å². The van der Waals surface area contributed by atoms with Crippen molar-refractivity contribution in [3.8, 4) is 6.07 Å². The van der Waals surface area contributed by atoms with E-state index in [1.165, 1.54) is 17.8 Å². The lowest BCUT2D eigenvalue weighted by atomic mass is 10.2. The number of amides is 1. The minimum Gasteiger partial charge on any atom is -0.383 e. The van der Waals surface area contributed by atoms with E-state index in [-0.39, 0.29) is 11.4 Å². The van der Waals surface area contributed by atoms with Crippen LogP contribution in [-0.4, -0.2) is 20.3 Å². The number of hydrogen-bond acceptors (Lipinski definition) is 6. The summed E-state index contributed by atoms with van der Waals surface area (Å²) in [5.74, 6) is 0.171. The van der Waals surface area contributed by atoms with Gasteiger partial charge in [0.05, 0.1) is 16.8 Å². The number of aromatic nitrogens is 3. The number of halogens is 1. The molecule has 9 heteroatoms. The molecule has 0 saturated heterocycles. The van der Waals surface area contributed by atoms with Crippen LogP contribution in [0.4, 0.5) is 11.5 Å². The Labute approximate surface area is 185 Å². The largest absolute Gasteiger partial charge is 0.383 e. The molecule has 3 aromatic heterocycles. The lowest BCUT2D eigenvalue weighted by Gasteiger charge is -2.10. The lowest BCUT2D eigenvalue weighted by molar-refractivity contribution is 0.102. The van der Waals surface area contributed by atoms with Gasteiger partial charge >= 0.3 is 0 Å². The third-order valence-electron chi connectivity index (χ3n) is 4.24. The molecule has 0 bridgehead atoms. The second-order valence-corrected chi connectivity index (χ2v) is 8.22. The fraction of sp³-hybridized carbons (Fsp3) is 0.0476. The summed E-state index contributed by atoms with van der Waals surface area (Å²) in [6.07, 6.45) is 3.85. The van der Waals surface area contributed by atoms with Gasteiger partial charge in [0, 0.05) is 28.3 Å². The van der Waals surface area contributed by atoms with E-state index < -0.39 is 5.91 Å². The number of nitrogens with zero attached hydrogens (tertiary/aromatic N) is 4. The molecule has 0 atom stereocenters. The summed E-state index contributed by atoms with van der Waals surface area (Å²) >= 11 is 4.79. The lowest BCUT2D eigenvalue weighted by Crippen LogP contribution is -2.15. The Morgan fingerprint density at radius 2 is 2.00 bits per heavy atom. The van der Waals surface area contributed by atoms with Crippen LogP contribution in [0.2, 0.25) is 0 Å². The number of anilines is 2. The number of nitriles is 1. The van der Waals surface area contributed by atoms with Gasteiger partial charge in [0.1, 0.15) is 22.6 Å². The smallest absolute Gasteiger partial charge is 0.259 e. The summed E-state index contributed by atoms with van der Waals surface area (Å²) in [5, 5.41) is 12.8. The molecular formula is C21H15BrN6OS. The summed E-state index contributed by atoms with van der Waals surface area (Å²) in [7, 11) is 0. The molecule has 3 N–H and O–H groups in total. The second-order valence-electron chi connectivity index (χ2n) is 6.34. The number of benzene rings is 1. The Morgan fingerprint density at radius 1 is 1.20 bits per heavy atom. The topological polar surface area (TPSA) is 109 Å². The second kappa shape index (κ2) is 8.57. The van der Waals surface area contributed by atoms with Gasteiger partial charge in [0.25, 0.3) is 5.91 Å². The molecule has 30 heavy (non-hydrogen) atoms. The molecule has 1 amide bonds. The highest BCUT2D eigenvalue weighted by Crippen LogP contribution is 2.27. The first-order valence-corrected chi connectivity index (χ1v) is 10.6.